The van der Waals surface area contributed by atoms with Gasteiger partial charge in [0.25, 0.3) is 0 Å². The third-order valence-electron chi connectivity index (χ3n) is 9.24. The van der Waals surface area contributed by atoms with Crippen LogP contribution in [0.3, 0.4) is 0 Å². The summed E-state index contributed by atoms with van der Waals surface area (Å²) in [6, 6.07) is 5.21. The van der Waals surface area contributed by atoms with E-state index in [9.17, 15) is 14.7 Å². The summed E-state index contributed by atoms with van der Waals surface area (Å²) in [5.74, 6) is 0.0596. The second-order valence-electron chi connectivity index (χ2n) is 10.6. The molecule has 5 rings (SSSR count). The van der Waals surface area contributed by atoms with Crippen molar-refractivity contribution in [2.24, 2.45) is 34.5 Å². The highest BCUT2D eigenvalue weighted by molar-refractivity contribution is 7.71. The number of allylic oxidation sites excluding steroid dienone is 1. The van der Waals surface area contributed by atoms with Crippen molar-refractivity contribution in [2.45, 2.75) is 64.9 Å². The van der Waals surface area contributed by atoms with Crippen LogP contribution in [0.2, 0.25) is 0 Å². The first kappa shape index (κ1) is 21.1. The SMILES string of the molecule is C[C@]12CC(C(=O)On3ccccc3=S)C(=O)C=C1CC[C@@H]1[C@H]2CC[C@]2(C)C(O)CC[C@@H]12. The van der Waals surface area contributed by atoms with Gasteiger partial charge < -0.3 is 9.94 Å². The van der Waals surface area contributed by atoms with Gasteiger partial charge in [0, 0.05) is 6.20 Å². The maximum Gasteiger partial charge on any atom is 0.343 e. The molecule has 1 aromatic rings. The van der Waals surface area contributed by atoms with E-state index in [1.54, 1.807) is 30.5 Å². The number of fused-ring (bicyclic) bond motifs is 5. The number of ketones is 1. The number of aliphatic hydroxyl groups is 1. The Balaban J connectivity index is 1.42. The van der Waals surface area contributed by atoms with Crippen molar-refractivity contribution < 1.29 is 19.5 Å². The summed E-state index contributed by atoms with van der Waals surface area (Å²) in [7, 11) is 0. The van der Waals surface area contributed by atoms with Gasteiger partial charge in [-0.05, 0) is 91.7 Å². The molecule has 5 nitrogen and oxygen atoms in total. The van der Waals surface area contributed by atoms with Crippen LogP contribution in [-0.2, 0) is 9.59 Å². The van der Waals surface area contributed by atoms with Crippen LogP contribution < -0.4 is 4.84 Å². The maximum absolute atomic E-state index is 13.0. The van der Waals surface area contributed by atoms with Gasteiger partial charge in [-0.15, -0.1) is 0 Å². The normalized spacial score (nSPS) is 41.6. The first-order valence-corrected chi connectivity index (χ1v) is 12.0. The Labute approximate surface area is 188 Å². The van der Waals surface area contributed by atoms with Gasteiger partial charge in [0.1, 0.15) is 10.6 Å². The molecule has 1 heterocycles. The smallest absolute Gasteiger partial charge is 0.343 e. The van der Waals surface area contributed by atoms with E-state index in [1.165, 1.54) is 10.3 Å². The topological polar surface area (TPSA) is 68.5 Å². The van der Waals surface area contributed by atoms with Crippen LogP contribution >= 0.6 is 12.2 Å². The van der Waals surface area contributed by atoms with Gasteiger partial charge in [0.05, 0.1) is 6.10 Å². The maximum atomic E-state index is 13.0. The monoisotopic (exact) mass is 441 g/mol. The van der Waals surface area contributed by atoms with Gasteiger partial charge in [0.15, 0.2) is 5.78 Å². The Bertz CT molecular complexity index is 1010. The van der Waals surface area contributed by atoms with Crippen molar-refractivity contribution >= 4 is 24.0 Å². The fourth-order valence-corrected chi connectivity index (χ4v) is 7.64. The van der Waals surface area contributed by atoms with Gasteiger partial charge in [-0.25, -0.2) is 4.79 Å². The van der Waals surface area contributed by atoms with Crippen molar-refractivity contribution in [1.29, 1.82) is 0 Å². The van der Waals surface area contributed by atoms with Crippen molar-refractivity contribution in [2.75, 3.05) is 0 Å². The van der Waals surface area contributed by atoms with Crippen LogP contribution in [0.1, 0.15) is 58.8 Å². The molecular formula is C25H31NO4S. The van der Waals surface area contributed by atoms with E-state index in [1.807, 2.05) is 0 Å². The minimum atomic E-state index is -0.794. The minimum absolute atomic E-state index is 0.0192. The lowest BCUT2D eigenvalue weighted by Crippen LogP contribution is -2.53. The molecule has 0 radical (unpaired) electrons. The van der Waals surface area contributed by atoms with Crippen molar-refractivity contribution in [3.63, 3.8) is 0 Å². The highest BCUT2D eigenvalue weighted by Crippen LogP contribution is 2.65. The summed E-state index contributed by atoms with van der Waals surface area (Å²) < 4.78 is 1.66. The first-order valence-electron chi connectivity index (χ1n) is 11.6. The zero-order valence-electron chi connectivity index (χ0n) is 18.3. The molecule has 4 aliphatic rings. The van der Waals surface area contributed by atoms with Gasteiger partial charge in [-0.3, -0.25) is 4.79 Å². The molecule has 166 valence electrons. The van der Waals surface area contributed by atoms with E-state index in [-0.39, 0.29) is 22.7 Å². The molecule has 31 heavy (non-hydrogen) atoms. The second kappa shape index (κ2) is 7.38. The van der Waals surface area contributed by atoms with Gasteiger partial charge >= 0.3 is 5.97 Å². The molecular weight excluding hydrogens is 410 g/mol. The summed E-state index contributed by atoms with van der Waals surface area (Å²) in [5, 5.41) is 10.7. The van der Waals surface area contributed by atoms with Crippen LogP contribution in [0.5, 0.6) is 0 Å². The van der Waals surface area contributed by atoms with Crippen molar-refractivity contribution in [3.05, 3.63) is 40.7 Å². The van der Waals surface area contributed by atoms with E-state index < -0.39 is 11.9 Å². The molecule has 0 aromatic carbocycles. The molecule has 1 aromatic heterocycles. The molecule has 1 N–H and O–H groups in total. The molecule has 3 fully saturated rings. The molecule has 0 aliphatic heterocycles. The lowest BCUT2D eigenvalue weighted by molar-refractivity contribution is -0.155. The fourth-order valence-electron chi connectivity index (χ4n) is 7.46. The highest BCUT2D eigenvalue weighted by Gasteiger charge is 2.60. The van der Waals surface area contributed by atoms with Gasteiger partial charge in [-0.2, -0.15) is 4.73 Å². The second-order valence-corrected chi connectivity index (χ2v) is 11.0. The number of aromatic nitrogens is 1. The molecule has 6 heteroatoms. The Hall–Kier alpha value is -1.79. The average molecular weight is 442 g/mol. The number of carbonyl (C=O) groups excluding carboxylic acids is 2. The largest absolute Gasteiger partial charge is 0.393 e. The van der Waals surface area contributed by atoms with E-state index in [2.05, 4.69) is 13.8 Å². The average Bonchev–Trinajstić information content (AvgIpc) is 3.04. The number of nitrogens with zero attached hydrogens (tertiary/aromatic N) is 1. The predicted octanol–water partition coefficient (Wildman–Crippen LogP) is 4.29. The lowest BCUT2D eigenvalue weighted by atomic mass is 9.46. The number of rotatable bonds is 2. The number of carbonyl (C=O) groups is 2. The van der Waals surface area contributed by atoms with Crippen molar-refractivity contribution in [3.8, 4) is 0 Å². The summed E-state index contributed by atoms with van der Waals surface area (Å²) in [6.07, 6.45) is 9.69. The third-order valence-corrected chi connectivity index (χ3v) is 9.55. The Kier molecular flexibility index (Phi) is 5.02. The molecule has 7 atom stereocenters. The first-order chi connectivity index (χ1) is 14.7. The van der Waals surface area contributed by atoms with Crippen LogP contribution in [-0.4, -0.2) is 27.7 Å². The Morgan fingerprint density at radius 3 is 2.77 bits per heavy atom. The molecule has 3 saturated carbocycles. The fraction of sp³-hybridized carbons (Fsp3) is 0.640. The number of aliphatic hydroxyl groups excluding tert-OH is 1. The number of hydrogen-bond donors (Lipinski definition) is 1. The number of pyridine rings is 1. The van der Waals surface area contributed by atoms with Crippen LogP contribution in [0.25, 0.3) is 0 Å². The van der Waals surface area contributed by atoms with Crippen LogP contribution in [0.15, 0.2) is 36.0 Å². The summed E-state index contributed by atoms with van der Waals surface area (Å²) >= 11 is 5.22. The highest BCUT2D eigenvalue weighted by atomic mass is 32.1. The van der Waals surface area contributed by atoms with Gasteiger partial charge in [0.2, 0.25) is 0 Å². The lowest BCUT2D eigenvalue weighted by Gasteiger charge is -2.58. The molecule has 0 spiro atoms. The predicted molar refractivity (Wildman–Crippen MR) is 118 cm³/mol. The molecule has 4 aliphatic carbocycles. The summed E-state index contributed by atoms with van der Waals surface area (Å²) in [6.45, 7) is 4.53. The van der Waals surface area contributed by atoms with Gasteiger partial charge in [-0.1, -0.05) is 37.7 Å². The van der Waals surface area contributed by atoms with Crippen LogP contribution in [0.4, 0.5) is 0 Å². The number of hydrogen-bond acceptors (Lipinski definition) is 5. The Morgan fingerprint density at radius 1 is 1.19 bits per heavy atom. The van der Waals surface area contributed by atoms with E-state index in [4.69, 9.17) is 17.1 Å². The molecule has 0 saturated heterocycles. The van der Waals surface area contributed by atoms with E-state index in [0.29, 0.717) is 28.8 Å². The third kappa shape index (κ3) is 3.17. The summed E-state index contributed by atoms with van der Waals surface area (Å²) in [5.41, 5.74) is 1.06. The van der Waals surface area contributed by atoms with Crippen LogP contribution in [0, 0.1) is 39.1 Å². The zero-order valence-corrected chi connectivity index (χ0v) is 19.1. The molecule has 2 unspecified atom stereocenters. The zero-order chi connectivity index (χ0) is 22.0. The quantitative estimate of drug-likeness (QED) is 0.548. The van der Waals surface area contributed by atoms with Crippen molar-refractivity contribution in [1.82, 2.24) is 4.73 Å². The Morgan fingerprint density at radius 2 is 2.00 bits per heavy atom. The van der Waals surface area contributed by atoms with E-state index >= 15 is 0 Å². The molecule has 0 bridgehead atoms. The minimum Gasteiger partial charge on any atom is -0.393 e. The van der Waals surface area contributed by atoms with E-state index in [0.717, 1.165) is 38.5 Å². The summed E-state index contributed by atoms with van der Waals surface area (Å²) in [4.78, 5) is 31.4. The molecule has 0 amide bonds. The standard InChI is InChI=1S/C25H31NO4S/c1-24-11-10-19-16(18(24)8-9-21(24)28)7-6-15-13-20(27)17(14-25(15,19)2)23(29)30-26-12-4-3-5-22(26)31/h3-5,12-13,16-19,21,28H,6-11,14H2,1-2H3/t16-,17?,18-,19+,21?,24-,25-/m0/s1.